The number of benzene rings is 1. The molecule has 0 aliphatic heterocycles. The summed E-state index contributed by atoms with van der Waals surface area (Å²) in [6, 6.07) is 9.95. The van der Waals surface area contributed by atoms with Crippen LogP contribution in [-0.4, -0.2) is 11.1 Å². The number of rotatable bonds is 4. The van der Waals surface area contributed by atoms with Crippen LogP contribution in [0.15, 0.2) is 42.5 Å². The van der Waals surface area contributed by atoms with Gasteiger partial charge in [0.15, 0.2) is 0 Å². The largest absolute Gasteiger partial charge is 0.481 e. The van der Waals surface area contributed by atoms with E-state index in [4.69, 9.17) is 5.11 Å². The molecular formula is C11H12O2. The minimum atomic E-state index is -0.788. The topological polar surface area (TPSA) is 37.3 Å². The maximum atomic E-state index is 10.2. The highest BCUT2D eigenvalue weighted by molar-refractivity contribution is 5.68. The minimum absolute atomic E-state index is 0.104. The Labute approximate surface area is 77.5 Å². The number of hydrogen-bond acceptors (Lipinski definition) is 1. The molecule has 2 heteroatoms. The van der Waals surface area contributed by atoms with Gasteiger partial charge in [-0.3, -0.25) is 4.79 Å². The quantitative estimate of drug-likeness (QED) is 0.714. The van der Waals surface area contributed by atoms with Gasteiger partial charge < -0.3 is 5.11 Å². The van der Waals surface area contributed by atoms with Crippen molar-refractivity contribution < 1.29 is 9.90 Å². The zero-order valence-corrected chi connectivity index (χ0v) is 7.31. The first-order chi connectivity index (χ1) is 6.29. The number of hydrogen-bond donors (Lipinski definition) is 1. The van der Waals surface area contributed by atoms with Gasteiger partial charge >= 0.3 is 5.97 Å². The third kappa shape index (κ3) is 4.11. The number of carboxylic acid groups (broad SMARTS) is 1. The van der Waals surface area contributed by atoms with E-state index < -0.39 is 5.97 Å². The molecule has 2 nitrogen and oxygen atoms in total. The summed E-state index contributed by atoms with van der Waals surface area (Å²) in [4.78, 5) is 10.2. The van der Waals surface area contributed by atoms with Crippen LogP contribution < -0.4 is 0 Å². The van der Waals surface area contributed by atoms with Crippen molar-refractivity contribution >= 4 is 5.97 Å². The summed E-state index contributed by atoms with van der Waals surface area (Å²) in [5.74, 6) is -0.788. The fourth-order valence-electron chi connectivity index (χ4n) is 1.02. The van der Waals surface area contributed by atoms with E-state index >= 15 is 0 Å². The summed E-state index contributed by atoms with van der Waals surface area (Å²) < 4.78 is 0. The highest BCUT2D eigenvalue weighted by atomic mass is 16.4. The van der Waals surface area contributed by atoms with Gasteiger partial charge in [-0.25, -0.2) is 0 Å². The van der Waals surface area contributed by atoms with Crippen molar-refractivity contribution in [1.29, 1.82) is 0 Å². The molecule has 0 aromatic heterocycles. The Kier molecular flexibility index (Phi) is 3.76. The van der Waals surface area contributed by atoms with Crippen molar-refractivity contribution in [3.63, 3.8) is 0 Å². The molecule has 0 heterocycles. The van der Waals surface area contributed by atoms with Crippen LogP contribution in [0.25, 0.3) is 0 Å². The van der Waals surface area contributed by atoms with Gasteiger partial charge in [-0.15, -0.1) is 0 Å². The van der Waals surface area contributed by atoms with Gasteiger partial charge in [0.05, 0.1) is 6.42 Å². The summed E-state index contributed by atoms with van der Waals surface area (Å²) in [5, 5.41) is 8.36. The molecule has 0 amide bonds. The normalized spacial score (nSPS) is 10.5. The Morgan fingerprint density at radius 1 is 1.23 bits per heavy atom. The van der Waals surface area contributed by atoms with Gasteiger partial charge in [-0.2, -0.15) is 0 Å². The smallest absolute Gasteiger partial charge is 0.307 e. The Hall–Kier alpha value is -1.57. The molecule has 1 aromatic rings. The fourth-order valence-corrected chi connectivity index (χ4v) is 1.02. The van der Waals surface area contributed by atoms with Crippen LogP contribution in [-0.2, 0) is 11.2 Å². The van der Waals surface area contributed by atoms with Crippen LogP contribution in [0.5, 0.6) is 0 Å². The van der Waals surface area contributed by atoms with Gasteiger partial charge in [0, 0.05) is 0 Å². The molecule has 0 saturated carbocycles. The second kappa shape index (κ2) is 5.14. The molecule has 0 fully saturated rings. The summed E-state index contributed by atoms with van der Waals surface area (Å²) in [7, 11) is 0. The van der Waals surface area contributed by atoms with Gasteiger partial charge in [-0.1, -0.05) is 42.5 Å². The van der Waals surface area contributed by atoms with Crippen molar-refractivity contribution in [3.8, 4) is 0 Å². The molecule has 68 valence electrons. The first kappa shape index (κ1) is 9.52. The molecule has 13 heavy (non-hydrogen) atoms. The van der Waals surface area contributed by atoms with Crippen molar-refractivity contribution in [1.82, 2.24) is 0 Å². The lowest BCUT2D eigenvalue weighted by Crippen LogP contribution is -1.90. The van der Waals surface area contributed by atoms with E-state index in [-0.39, 0.29) is 6.42 Å². The Bertz CT molecular complexity index is 288. The van der Waals surface area contributed by atoms with E-state index in [1.165, 1.54) is 5.56 Å². The van der Waals surface area contributed by atoms with Gasteiger partial charge in [-0.05, 0) is 12.0 Å². The molecule has 0 radical (unpaired) electrons. The van der Waals surface area contributed by atoms with E-state index in [0.717, 1.165) is 6.42 Å². The van der Waals surface area contributed by atoms with Crippen molar-refractivity contribution in [3.05, 3.63) is 48.0 Å². The highest BCUT2D eigenvalue weighted by Gasteiger charge is 1.89. The average molecular weight is 176 g/mol. The molecular weight excluding hydrogens is 164 g/mol. The molecule has 0 atom stereocenters. The van der Waals surface area contributed by atoms with Crippen molar-refractivity contribution in [2.45, 2.75) is 12.8 Å². The van der Waals surface area contributed by atoms with Gasteiger partial charge in [0.2, 0.25) is 0 Å². The third-order valence-electron chi connectivity index (χ3n) is 1.66. The number of carbonyl (C=O) groups is 1. The van der Waals surface area contributed by atoms with Crippen LogP contribution in [0.4, 0.5) is 0 Å². The zero-order chi connectivity index (χ0) is 9.52. The van der Waals surface area contributed by atoms with E-state index in [1.807, 2.05) is 36.4 Å². The van der Waals surface area contributed by atoms with Crippen LogP contribution in [0.1, 0.15) is 12.0 Å². The maximum Gasteiger partial charge on any atom is 0.307 e. The Balaban J connectivity index is 2.35. The summed E-state index contributed by atoms with van der Waals surface area (Å²) in [6.45, 7) is 0. The summed E-state index contributed by atoms with van der Waals surface area (Å²) >= 11 is 0. The fraction of sp³-hybridized carbons (Fsp3) is 0.182. The standard InChI is InChI=1S/C11H12O2/c12-11(13)9-5-4-8-10-6-2-1-3-7-10/h1-7H,8-9H2,(H,12,13). The van der Waals surface area contributed by atoms with Crippen molar-refractivity contribution in [2.24, 2.45) is 0 Å². The predicted molar refractivity (Wildman–Crippen MR) is 51.5 cm³/mol. The number of aliphatic carboxylic acids is 1. The van der Waals surface area contributed by atoms with Crippen LogP contribution in [0.2, 0.25) is 0 Å². The molecule has 0 spiro atoms. The van der Waals surface area contributed by atoms with Crippen LogP contribution in [0, 0.1) is 0 Å². The number of carboxylic acids is 1. The third-order valence-corrected chi connectivity index (χ3v) is 1.66. The minimum Gasteiger partial charge on any atom is -0.481 e. The van der Waals surface area contributed by atoms with Crippen LogP contribution >= 0.6 is 0 Å². The lowest BCUT2D eigenvalue weighted by molar-refractivity contribution is -0.136. The second-order valence-corrected chi connectivity index (χ2v) is 2.76. The molecule has 1 rings (SSSR count). The summed E-state index contributed by atoms with van der Waals surface area (Å²) in [6.07, 6.45) is 4.46. The zero-order valence-electron chi connectivity index (χ0n) is 7.31. The summed E-state index contributed by atoms with van der Waals surface area (Å²) in [5.41, 5.74) is 1.20. The predicted octanol–water partition coefficient (Wildman–Crippen LogP) is 2.26. The first-order valence-corrected chi connectivity index (χ1v) is 4.20. The van der Waals surface area contributed by atoms with E-state index in [1.54, 1.807) is 6.08 Å². The van der Waals surface area contributed by atoms with Crippen molar-refractivity contribution in [2.75, 3.05) is 0 Å². The van der Waals surface area contributed by atoms with Crippen LogP contribution in [0.3, 0.4) is 0 Å². The molecule has 1 N–H and O–H groups in total. The van der Waals surface area contributed by atoms with Gasteiger partial charge in [0.25, 0.3) is 0 Å². The second-order valence-electron chi connectivity index (χ2n) is 2.76. The van der Waals surface area contributed by atoms with E-state index in [9.17, 15) is 4.79 Å². The van der Waals surface area contributed by atoms with Gasteiger partial charge in [0.1, 0.15) is 0 Å². The monoisotopic (exact) mass is 176 g/mol. The lowest BCUT2D eigenvalue weighted by Gasteiger charge is -1.93. The molecule has 0 aliphatic carbocycles. The molecule has 1 aromatic carbocycles. The first-order valence-electron chi connectivity index (χ1n) is 4.20. The Morgan fingerprint density at radius 3 is 2.54 bits per heavy atom. The number of allylic oxidation sites excluding steroid dienone is 1. The SMILES string of the molecule is O=C(O)CC=CCc1ccccc1. The molecule has 0 bridgehead atoms. The molecule has 0 aliphatic rings. The molecule has 0 saturated heterocycles. The Morgan fingerprint density at radius 2 is 1.92 bits per heavy atom. The van der Waals surface area contributed by atoms with E-state index in [2.05, 4.69) is 0 Å². The molecule has 0 unspecified atom stereocenters. The average Bonchev–Trinajstić information content (AvgIpc) is 2.14. The van der Waals surface area contributed by atoms with E-state index in [0.29, 0.717) is 0 Å². The lowest BCUT2D eigenvalue weighted by atomic mass is 10.1. The maximum absolute atomic E-state index is 10.2. The highest BCUT2D eigenvalue weighted by Crippen LogP contribution is 2.00.